The monoisotopic (exact) mass is 263 g/mol. The fourth-order valence-corrected chi connectivity index (χ4v) is 2.49. The third-order valence-corrected chi connectivity index (χ3v) is 3.58. The van der Waals surface area contributed by atoms with Gasteiger partial charge in [-0.1, -0.05) is 30.5 Å². The lowest BCUT2D eigenvalue weighted by atomic mass is 9.93. The minimum Gasteiger partial charge on any atom is -0.398 e. The standard InChI is InChI=1S/C15H18ClNO/c16-12-8-9-13(14(17)10-12)15(18)11-6-4-2-1-3-5-7-11/h6,8-10H,1-5,7,17H2/b11-6+. The van der Waals surface area contributed by atoms with E-state index in [2.05, 4.69) is 6.08 Å². The van der Waals surface area contributed by atoms with Crippen molar-refractivity contribution >= 4 is 23.1 Å². The van der Waals surface area contributed by atoms with Crippen LogP contribution < -0.4 is 5.73 Å². The van der Waals surface area contributed by atoms with Gasteiger partial charge in [0.05, 0.1) is 0 Å². The van der Waals surface area contributed by atoms with E-state index in [1.807, 2.05) is 0 Å². The molecule has 18 heavy (non-hydrogen) atoms. The van der Waals surface area contributed by atoms with E-state index < -0.39 is 0 Å². The molecule has 0 saturated carbocycles. The van der Waals surface area contributed by atoms with Gasteiger partial charge < -0.3 is 5.73 Å². The normalized spacial score (nSPS) is 19.5. The van der Waals surface area contributed by atoms with E-state index in [1.165, 1.54) is 19.3 Å². The van der Waals surface area contributed by atoms with E-state index in [4.69, 9.17) is 17.3 Å². The number of ketones is 1. The molecule has 0 atom stereocenters. The number of rotatable bonds is 2. The lowest BCUT2D eigenvalue weighted by Crippen LogP contribution is -2.08. The average Bonchev–Trinajstić information content (AvgIpc) is 2.27. The first-order chi connectivity index (χ1) is 8.68. The maximum atomic E-state index is 12.4. The number of hydrogen-bond acceptors (Lipinski definition) is 2. The second-order valence-corrected chi connectivity index (χ2v) is 5.18. The van der Waals surface area contributed by atoms with Crippen LogP contribution in [0.25, 0.3) is 0 Å². The number of anilines is 1. The van der Waals surface area contributed by atoms with Gasteiger partial charge in [-0.05, 0) is 49.5 Å². The summed E-state index contributed by atoms with van der Waals surface area (Å²) in [6.45, 7) is 0. The van der Waals surface area contributed by atoms with Crippen molar-refractivity contribution in [2.24, 2.45) is 0 Å². The molecule has 2 nitrogen and oxygen atoms in total. The number of allylic oxidation sites excluding steroid dienone is 2. The molecular formula is C15H18ClNO. The van der Waals surface area contributed by atoms with Crippen LogP contribution >= 0.6 is 11.6 Å². The van der Waals surface area contributed by atoms with Crippen molar-refractivity contribution in [3.05, 3.63) is 40.4 Å². The number of carbonyl (C=O) groups excluding carboxylic acids is 1. The molecule has 1 aliphatic carbocycles. The lowest BCUT2D eigenvalue weighted by Gasteiger charge is -2.12. The first-order valence-electron chi connectivity index (χ1n) is 6.47. The van der Waals surface area contributed by atoms with E-state index in [0.717, 1.165) is 24.8 Å². The number of Topliss-reactive ketones (excluding diaryl/α,β-unsaturated/α-hetero) is 1. The fraction of sp³-hybridized carbons (Fsp3) is 0.400. The molecule has 0 radical (unpaired) electrons. The lowest BCUT2D eigenvalue weighted by molar-refractivity contribution is 0.103. The quantitative estimate of drug-likeness (QED) is 0.635. The number of hydrogen-bond donors (Lipinski definition) is 1. The van der Waals surface area contributed by atoms with Crippen LogP contribution in [0.1, 0.15) is 48.9 Å². The molecule has 0 unspecified atom stereocenters. The molecule has 0 amide bonds. The maximum absolute atomic E-state index is 12.4. The Morgan fingerprint density at radius 1 is 1.17 bits per heavy atom. The predicted molar refractivity (Wildman–Crippen MR) is 76.0 cm³/mol. The van der Waals surface area contributed by atoms with E-state index in [-0.39, 0.29) is 5.78 Å². The summed E-state index contributed by atoms with van der Waals surface area (Å²) in [6, 6.07) is 5.08. The SMILES string of the molecule is Nc1cc(Cl)ccc1C(=O)/C1=C/CCCCCC1. The molecule has 0 saturated heterocycles. The zero-order valence-corrected chi connectivity index (χ0v) is 11.2. The maximum Gasteiger partial charge on any atom is 0.190 e. The van der Waals surface area contributed by atoms with Crippen molar-refractivity contribution in [2.75, 3.05) is 5.73 Å². The number of halogens is 1. The van der Waals surface area contributed by atoms with E-state index in [9.17, 15) is 4.79 Å². The van der Waals surface area contributed by atoms with Crippen LogP contribution in [-0.2, 0) is 0 Å². The van der Waals surface area contributed by atoms with Gasteiger partial charge in [0.1, 0.15) is 0 Å². The summed E-state index contributed by atoms with van der Waals surface area (Å²) in [6.07, 6.45) is 8.67. The first-order valence-corrected chi connectivity index (χ1v) is 6.85. The van der Waals surface area contributed by atoms with Crippen LogP contribution in [0.5, 0.6) is 0 Å². The molecular weight excluding hydrogens is 246 g/mol. The smallest absolute Gasteiger partial charge is 0.190 e. The van der Waals surface area contributed by atoms with Crippen LogP contribution in [0.15, 0.2) is 29.8 Å². The third kappa shape index (κ3) is 3.14. The molecule has 0 bridgehead atoms. The number of carbonyl (C=O) groups is 1. The minimum atomic E-state index is 0.0612. The summed E-state index contributed by atoms with van der Waals surface area (Å²) >= 11 is 5.85. The largest absolute Gasteiger partial charge is 0.398 e. The topological polar surface area (TPSA) is 43.1 Å². The van der Waals surface area contributed by atoms with Gasteiger partial charge in [-0.3, -0.25) is 4.79 Å². The molecule has 96 valence electrons. The van der Waals surface area contributed by atoms with Gasteiger partial charge in [0.15, 0.2) is 5.78 Å². The Kier molecular flexibility index (Phi) is 4.43. The Morgan fingerprint density at radius 2 is 1.94 bits per heavy atom. The van der Waals surface area contributed by atoms with Crippen molar-refractivity contribution in [3.8, 4) is 0 Å². The van der Waals surface area contributed by atoms with Gasteiger partial charge in [0.2, 0.25) is 0 Å². The highest BCUT2D eigenvalue weighted by molar-refractivity contribution is 6.31. The first kappa shape index (κ1) is 13.2. The Bertz CT molecular complexity index is 479. The Labute approximate surface area is 113 Å². The summed E-state index contributed by atoms with van der Waals surface area (Å²) in [5, 5.41) is 0.565. The average molecular weight is 264 g/mol. The van der Waals surface area contributed by atoms with Crippen LogP contribution in [-0.4, -0.2) is 5.78 Å². The molecule has 0 spiro atoms. The highest BCUT2D eigenvalue weighted by Gasteiger charge is 2.15. The molecule has 2 rings (SSSR count). The van der Waals surface area contributed by atoms with Crippen LogP contribution in [0.2, 0.25) is 5.02 Å². The number of nitrogens with two attached hydrogens (primary N) is 1. The van der Waals surface area contributed by atoms with Gasteiger partial charge in [0.25, 0.3) is 0 Å². The molecule has 3 heteroatoms. The molecule has 2 N–H and O–H groups in total. The Morgan fingerprint density at radius 3 is 2.72 bits per heavy atom. The predicted octanol–water partition coefficient (Wildman–Crippen LogP) is 4.39. The highest BCUT2D eigenvalue weighted by atomic mass is 35.5. The van der Waals surface area contributed by atoms with Crippen molar-refractivity contribution in [3.63, 3.8) is 0 Å². The third-order valence-electron chi connectivity index (χ3n) is 3.34. The second-order valence-electron chi connectivity index (χ2n) is 4.74. The van der Waals surface area contributed by atoms with E-state index >= 15 is 0 Å². The molecule has 0 aliphatic heterocycles. The Balaban J connectivity index is 2.23. The van der Waals surface area contributed by atoms with Crippen molar-refractivity contribution in [2.45, 2.75) is 38.5 Å². The molecule has 0 aromatic heterocycles. The van der Waals surface area contributed by atoms with E-state index in [0.29, 0.717) is 16.3 Å². The summed E-state index contributed by atoms with van der Waals surface area (Å²) < 4.78 is 0. The second kappa shape index (κ2) is 6.05. The minimum absolute atomic E-state index is 0.0612. The van der Waals surface area contributed by atoms with Gasteiger partial charge in [-0.15, -0.1) is 0 Å². The van der Waals surface area contributed by atoms with Crippen molar-refractivity contribution in [1.82, 2.24) is 0 Å². The molecule has 1 aromatic rings. The number of nitrogen functional groups attached to an aromatic ring is 1. The van der Waals surface area contributed by atoms with Gasteiger partial charge >= 0.3 is 0 Å². The molecule has 1 aliphatic rings. The van der Waals surface area contributed by atoms with Gasteiger partial charge in [0, 0.05) is 16.3 Å². The van der Waals surface area contributed by atoms with Gasteiger partial charge in [-0.25, -0.2) is 0 Å². The zero-order chi connectivity index (χ0) is 13.0. The zero-order valence-electron chi connectivity index (χ0n) is 10.4. The van der Waals surface area contributed by atoms with Crippen LogP contribution in [0.3, 0.4) is 0 Å². The summed E-state index contributed by atoms with van der Waals surface area (Å²) in [4.78, 5) is 12.4. The Hall–Kier alpha value is -1.28. The summed E-state index contributed by atoms with van der Waals surface area (Å²) in [5.41, 5.74) is 7.82. The summed E-state index contributed by atoms with van der Waals surface area (Å²) in [5.74, 6) is 0.0612. The van der Waals surface area contributed by atoms with Gasteiger partial charge in [-0.2, -0.15) is 0 Å². The van der Waals surface area contributed by atoms with Crippen LogP contribution in [0.4, 0.5) is 5.69 Å². The molecule has 1 aromatic carbocycles. The van der Waals surface area contributed by atoms with Crippen LogP contribution in [0, 0.1) is 0 Å². The molecule has 0 heterocycles. The fourth-order valence-electron chi connectivity index (χ4n) is 2.31. The molecule has 0 fully saturated rings. The van der Waals surface area contributed by atoms with Crippen molar-refractivity contribution in [1.29, 1.82) is 0 Å². The van der Waals surface area contributed by atoms with E-state index in [1.54, 1.807) is 18.2 Å². The van der Waals surface area contributed by atoms with Crippen molar-refractivity contribution < 1.29 is 4.79 Å². The summed E-state index contributed by atoms with van der Waals surface area (Å²) in [7, 11) is 0. The number of benzene rings is 1. The highest BCUT2D eigenvalue weighted by Crippen LogP contribution is 2.25.